The van der Waals surface area contributed by atoms with Gasteiger partial charge in [-0.25, -0.2) is 0 Å². The summed E-state index contributed by atoms with van der Waals surface area (Å²) in [4.78, 5) is 31.9. The van der Waals surface area contributed by atoms with Crippen LogP contribution in [0.1, 0.15) is 29.3 Å². The van der Waals surface area contributed by atoms with Gasteiger partial charge < -0.3 is 19.5 Å². The van der Waals surface area contributed by atoms with Gasteiger partial charge in [-0.05, 0) is 49.2 Å². The molecule has 1 saturated heterocycles. The fraction of sp³-hybridized carbons (Fsp3) is 0.400. The molecule has 0 aliphatic carbocycles. The van der Waals surface area contributed by atoms with Crippen LogP contribution < -0.4 is 4.74 Å². The van der Waals surface area contributed by atoms with Crippen molar-refractivity contribution in [1.82, 2.24) is 14.8 Å². The normalized spacial score (nSPS) is 14.8. The maximum atomic E-state index is 12.7. The second kappa shape index (κ2) is 8.56. The monoisotopic (exact) mass is 355 g/mol. The first kappa shape index (κ1) is 18.0. The number of aromatic amines is 1. The lowest BCUT2D eigenvalue weighted by Crippen LogP contribution is -2.37. The minimum Gasteiger partial charge on any atom is -0.494 e. The summed E-state index contributed by atoms with van der Waals surface area (Å²) >= 11 is 0. The third-order valence-corrected chi connectivity index (χ3v) is 4.57. The quantitative estimate of drug-likeness (QED) is 0.895. The molecule has 0 radical (unpaired) electrons. The Morgan fingerprint density at radius 1 is 1.04 bits per heavy atom. The van der Waals surface area contributed by atoms with E-state index in [9.17, 15) is 9.59 Å². The van der Waals surface area contributed by atoms with Crippen LogP contribution in [0.15, 0.2) is 42.7 Å². The largest absolute Gasteiger partial charge is 0.494 e. The highest BCUT2D eigenvalue weighted by atomic mass is 16.5. The number of H-pyrrole nitrogens is 1. The van der Waals surface area contributed by atoms with Crippen LogP contribution in [0.4, 0.5) is 0 Å². The zero-order chi connectivity index (χ0) is 18.4. The summed E-state index contributed by atoms with van der Waals surface area (Å²) in [5.41, 5.74) is 1.64. The van der Waals surface area contributed by atoms with Gasteiger partial charge in [-0.1, -0.05) is 0 Å². The number of hydrogen-bond acceptors (Lipinski definition) is 3. The summed E-state index contributed by atoms with van der Waals surface area (Å²) in [5.74, 6) is 0.884. The van der Waals surface area contributed by atoms with Gasteiger partial charge in [0, 0.05) is 44.1 Å². The van der Waals surface area contributed by atoms with Gasteiger partial charge in [-0.2, -0.15) is 0 Å². The Hall–Kier alpha value is -2.76. The molecular formula is C20H25N3O3. The molecular weight excluding hydrogens is 330 g/mol. The molecule has 138 valence electrons. The highest BCUT2D eigenvalue weighted by molar-refractivity contribution is 5.94. The molecule has 2 amide bonds. The average molecular weight is 355 g/mol. The Morgan fingerprint density at radius 3 is 2.46 bits per heavy atom. The minimum atomic E-state index is 0.00739. The van der Waals surface area contributed by atoms with Gasteiger partial charge in [-0.3, -0.25) is 9.59 Å². The van der Waals surface area contributed by atoms with E-state index in [1.165, 1.54) is 0 Å². The van der Waals surface area contributed by atoms with Gasteiger partial charge in [-0.15, -0.1) is 0 Å². The molecule has 0 saturated carbocycles. The van der Waals surface area contributed by atoms with Gasteiger partial charge in [0.05, 0.1) is 13.0 Å². The smallest absolute Gasteiger partial charge is 0.253 e. The second-order valence-electron chi connectivity index (χ2n) is 6.38. The molecule has 2 heterocycles. The van der Waals surface area contributed by atoms with E-state index in [1.54, 1.807) is 12.1 Å². The fourth-order valence-corrected chi connectivity index (χ4v) is 3.17. The first-order chi connectivity index (χ1) is 12.7. The zero-order valence-electron chi connectivity index (χ0n) is 15.1. The van der Waals surface area contributed by atoms with Crippen molar-refractivity contribution in [2.24, 2.45) is 0 Å². The van der Waals surface area contributed by atoms with Crippen molar-refractivity contribution in [1.29, 1.82) is 0 Å². The summed E-state index contributed by atoms with van der Waals surface area (Å²) in [6, 6.07) is 9.15. The van der Waals surface area contributed by atoms with Crippen LogP contribution in [0.25, 0.3) is 0 Å². The lowest BCUT2D eigenvalue weighted by atomic mass is 10.2. The van der Waals surface area contributed by atoms with Crippen LogP contribution in [-0.2, 0) is 11.2 Å². The van der Waals surface area contributed by atoms with Crippen LogP contribution >= 0.6 is 0 Å². The molecule has 0 bridgehead atoms. The van der Waals surface area contributed by atoms with Crippen LogP contribution in [0.5, 0.6) is 5.75 Å². The van der Waals surface area contributed by atoms with E-state index in [1.807, 2.05) is 47.3 Å². The average Bonchev–Trinajstić information content (AvgIpc) is 3.03. The van der Waals surface area contributed by atoms with Crippen molar-refractivity contribution in [3.8, 4) is 5.75 Å². The van der Waals surface area contributed by atoms with Gasteiger partial charge in [0.2, 0.25) is 5.91 Å². The molecule has 1 fully saturated rings. The summed E-state index contributed by atoms with van der Waals surface area (Å²) in [7, 11) is 0. The number of carbonyl (C=O) groups is 2. The maximum Gasteiger partial charge on any atom is 0.253 e. The van der Waals surface area contributed by atoms with E-state index in [0.29, 0.717) is 44.8 Å². The van der Waals surface area contributed by atoms with Gasteiger partial charge in [0.25, 0.3) is 5.91 Å². The van der Waals surface area contributed by atoms with Crippen molar-refractivity contribution in [2.45, 2.75) is 19.8 Å². The Morgan fingerprint density at radius 2 is 1.77 bits per heavy atom. The molecule has 1 aliphatic heterocycles. The van der Waals surface area contributed by atoms with Crippen molar-refractivity contribution in [2.75, 3.05) is 32.8 Å². The van der Waals surface area contributed by atoms with Gasteiger partial charge in [0.15, 0.2) is 0 Å². The fourth-order valence-electron chi connectivity index (χ4n) is 3.17. The van der Waals surface area contributed by atoms with Gasteiger partial charge in [0.1, 0.15) is 5.75 Å². The molecule has 6 nitrogen and oxygen atoms in total. The second-order valence-corrected chi connectivity index (χ2v) is 6.38. The standard InChI is InChI=1S/C20H25N3O3/c1-2-26-18-6-4-17(5-7-18)20(25)23-11-3-10-22(12-13-23)19(24)14-16-8-9-21-15-16/h4-9,15,21H,2-3,10-14H2,1H3. The molecule has 1 aromatic heterocycles. The number of carbonyl (C=O) groups excluding carboxylic acids is 2. The number of amides is 2. The van der Waals surface area contributed by atoms with Crippen molar-refractivity contribution < 1.29 is 14.3 Å². The minimum absolute atomic E-state index is 0.00739. The summed E-state index contributed by atoms with van der Waals surface area (Å²) in [6.07, 6.45) is 4.86. The highest BCUT2D eigenvalue weighted by Gasteiger charge is 2.23. The van der Waals surface area contributed by atoms with Crippen LogP contribution in [0.3, 0.4) is 0 Å². The number of benzene rings is 1. The number of aromatic nitrogens is 1. The molecule has 26 heavy (non-hydrogen) atoms. The van der Waals surface area contributed by atoms with Crippen LogP contribution in [-0.4, -0.2) is 59.4 Å². The van der Waals surface area contributed by atoms with E-state index in [2.05, 4.69) is 4.98 Å². The molecule has 2 aromatic rings. The van der Waals surface area contributed by atoms with E-state index in [0.717, 1.165) is 17.7 Å². The van der Waals surface area contributed by atoms with Crippen molar-refractivity contribution in [3.05, 3.63) is 53.9 Å². The third-order valence-electron chi connectivity index (χ3n) is 4.57. The number of rotatable bonds is 5. The Kier molecular flexibility index (Phi) is 5.94. The predicted molar refractivity (Wildman–Crippen MR) is 99.2 cm³/mol. The Bertz CT molecular complexity index is 725. The van der Waals surface area contributed by atoms with E-state index in [-0.39, 0.29) is 11.8 Å². The summed E-state index contributed by atoms with van der Waals surface area (Å²) in [5, 5.41) is 0. The Labute approximate surface area is 153 Å². The van der Waals surface area contributed by atoms with Crippen molar-refractivity contribution >= 4 is 11.8 Å². The van der Waals surface area contributed by atoms with E-state index in [4.69, 9.17) is 4.74 Å². The van der Waals surface area contributed by atoms with Crippen molar-refractivity contribution in [3.63, 3.8) is 0 Å². The number of hydrogen-bond donors (Lipinski definition) is 1. The molecule has 0 atom stereocenters. The van der Waals surface area contributed by atoms with E-state index >= 15 is 0 Å². The van der Waals surface area contributed by atoms with Gasteiger partial charge >= 0.3 is 0 Å². The topological polar surface area (TPSA) is 65.6 Å². The summed E-state index contributed by atoms with van der Waals surface area (Å²) in [6.45, 7) is 5.03. The number of nitrogens with one attached hydrogen (secondary N) is 1. The molecule has 6 heteroatoms. The lowest BCUT2D eigenvalue weighted by Gasteiger charge is -2.22. The molecule has 1 aromatic carbocycles. The molecule has 0 spiro atoms. The maximum absolute atomic E-state index is 12.7. The van der Waals surface area contributed by atoms with Crippen LogP contribution in [0.2, 0.25) is 0 Å². The number of ether oxygens (including phenoxy) is 1. The first-order valence-corrected chi connectivity index (χ1v) is 9.09. The summed E-state index contributed by atoms with van der Waals surface area (Å²) < 4.78 is 5.42. The first-order valence-electron chi connectivity index (χ1n) is 9.09. The molecule has 0 unspecified atom stereocenters. The molecule has 1 N–H and O–H groups in total. The predicted octanol–water partition coefficient (Wildman–Crippen LogP) is 2.33. The lowest BCUT2D eigenvalue weighted by molar-refractivity contribution is -0.130. The van der Waals surface area contributed by atoms with E-state index < -0.39 is 0 Å². The Balaban J connectivity index is 1.57. The SMILES string of the molecule is CCOc1ccc(C(=O)N2CCCN(C(=O)Cc3cc[nH]c3)CC2)cc1. The molecule has 1 aliphatic rings. The zero-order valence-corrected chi connectivity index (χ0v) is 15.1. The highest BCUT2D eigenvalue weighted by Crippen LogP contribution is 2.15. The van der Waals surface area contributed by atoms with Crippen LogP contribution in [0, 0.1) is 0 Å². The third kappa shape index (κ3) is 4.45. The molecule has 3 rings (SSSR count). The number of nitrogens with zero attached hydrogens (tertiary/aromatic N) is 2.